The van der Waals surface area contributed by atoms with Crippen LogP contribution in [0.1, 0.15) is 41.7 Å². The lowest BCUT2D eigenvalue weighted by Gasteiger charge is -2.18. The van der Waals surface area contributed by atoms with E-state index in [-0.39, 0.29) is 13.8 Å². The van der Waals surface area contributed by atoms with Crippen molar-refractivity contribution in [3.63, 3.8) is 0 Å². The molecule has 0 saturated heterocycles. The second kappa shape index (κ2) is 6.68. The van der Waals surface area contributed by atoms with Crippen molar-refractivity contribution in [1.82, 2.24) is 0 Å². The third-order valence-electron chi connectivity index (χ3n) is 8.83. The molecule has 0 bridgehead atoms. The van der Waals surface area contributed by atoms with Crippen LogP contribution in [-0.4, -0.2) is 0 Å². The normalized spacial score (nSPS) is 18.4. The fourth-order valence-electron chi connectivity index (χ4n) is 7.16. The summed E-state index contributed by atoms with van der Waals surface area (Å²) in [4.78, 5) is 0. The van der Waals surface area contributed by atoms with E-state index in [4.69, 9.17) is 7.16 Å². The molecule has 38 heavy (non-hydrogen) atoms. The Labute approximate surface area is 223 Å². The van der Waals surface area contributed by atoms with Crippen molar-refractivity contribution in [3.05, 3.63) is 124 Å². The molecule has 0 amide bonds. The lowest BCUT2D eigenvalue weighted by atomic mass is 9.89. The summed E-state index contributed by atoms with van der Waals surface area (Å²) in [7, 11) is 0. The number of benzene rings is 3. The Bertz CT molecular complexity index is 2140. The lowest BCUT2D eigenvalue weighted by molar-refractivity contribution is -0.955. The number of allylic oxidation sites excluding steroid dienone is 1. The highest BCUT2D eigenvalue weighted by atomic mass is 16.3. The Morgan fingerprint density at radius 3 is 2.58 bits per heavy atom. The van der Waals surface area contributed by atoms with Crippen LogP contribution in [0.3, 0.4) is 0 Å². The van der Waals surface area contributed by atoms with E-state index in [2.05, 4.69) is 107 Å². The first-order valence-corrected chi connectivity index (χ1v) is 13.1. The molecule has 2 aliphatic heterocycles. The van der Waals surface area contributed by atoms with Crippen LogP contribution in [0.15, 0.2) is 89.6 Å². The van der Waals surface area contributed by atoms with Gasteiger partial charge < -0.3 is 4.42 Å². The van der Waals surface area contributed by atoms with Crippen LogP contribution in [-0.2, 0) is 12.1 Å². The molecule has 0 N–H and O–H groups in total. The topological polar surface area (TPSA) is 20.9 Å². The molecule has 3 aromatic carbocycles. The van der Waals surface area contributed by atoms with E-state index in [1.165, 1.54) is 27.8 Å². The molecule has 6 aromatic rings. The smallest absolute Gasteiger partial charge is 0.417 e. The van der Waals surface area contributed by atoms with Crippen LogP contribution in [0.5, 0.6) is 0 Å². The fraction of sp³-hybridized carbons (Fsp3) is 0.143. The first-order chi connectivity index (χ1) is 19.6. The summed E-state index contributed by atoms with van der Waals surface area (Å²) in [5, 5.41) is 2.24. The van der Waals surface area contributed by atoms with Crippen LogP contribution in [0.25, 0.3) is 50.5 Å². The summed E-state index contributed by atoms with van der Waals surface area (Å²) < 4.78 is 28.3. The molecule has 1 aliphatic carbocycles. The van der Waals surface area contributed by atoms with Crippen molar-refractivity contribution in [3.8, 4) is 22.5 Å². The van der Waals surface area contributed by atoms with Crippen LogP contribution >= 0.6 is 0 Å². The van der Waals surface area contributed by atoms with Gasteiger partial charge >= 0.3 is 5.66 Å². The zero-order valence-electron chi connectivity index (χ0n) is 23.1. The van der Waals surface area contributed by atoms with Gasteiger partial charge in [-0.25, -0.2) is 0 Å². The summed E-state index contributed by atoms with van der Waals surface area (Å²) in [5.74, 6) is 0. The minimum atomic E-state index is -0.665. The molecular weight excluding hydrogens is 464 g/mol. The maximum atomic E-state index is 8.34. The second-order valence-corrected chi connectivity index (χ2v) is 10.8. The van der Waals surface area contributed by atoms with Gasteiger partial charge in [0.25, 0.3) is 0 Å². The molecule has 5 heterocycles. The number of pyridine rings is 2. The second-order valence-electron chi connectivity index (χ2n) is 10.8. The Morgan fingerprint density at radius 2 is 1.66 bits per heavy atom. The maximum Gasteiger partial charge on any atom is 0.417 e. The van der Waals surface area contributed by atoms with Gasteiger partial charge in [0.15, 0.2) is 12.4 Å². The highest BCUT2D eigenvalue weighted by Crippen LogP contribution is 2.51. The van der Waals surface area contributed by atoms with E-state index in [0.717, 1.165) is 62.0 Å². The maximum absolute atomic E-state index is 8.34. The van der Waals surface area contributed by atoms with Crippen molar-refractivity contribution < 1.29 is 16.3 Å². The number of nitrogens with zero attached hydrogens (tertiary/aromatic N) is 2. The van der Waals surface area contributed by atoms with Gasteiger partial charge in [0, 0.05) is 42.3 Å². The van der Waals surface area contributed by atoms with E-state index in [0.29, 0.717) is 0 Å². The zero-order valence-corrected chi connectivity index (χ0v) is 21.1. The molecule has 3 aromatic heterocycles. The molecule has 0 saturated carbocycles. The van der Waals surface area contributed by atoms with Crippen LogP contribution in [0, 0.1) is 20.7 Å². The SMILES string of the molecule is [2H]Cc1cc2[n+](cc1C[2H])C1(c3ccccc3-c3ccc(C)c[n+]31)c1ccc3c(oc4c5c(ccc43)CC=C5)c1-2. The molecular formula is C35H26N2O+2. The van der Waals surface area contributed by atoms with Crippen LogP contribution in [0.4, 0.5) is 0 Å². The van der Waals surface area contributed by atoms with E-state index in [9.17, 15) is 0 Å². The zero-order chi connectivity index (χ0) is 26.7. The van der Waals surface area contributed by atoms with Gasteiger partial charge in [0.05, 0.1) is 5.56 Å². The molecule has 0 radical (unpaired) electrons. The van der Waals surface area contributed by atoms with E-state index in [1.54, 1.807) is 0 Å². The first-order valence-electron chi connectivity index (χ1n) is 14.5. The average molecular weight is 493 g/mol. The summed E-state index contributed by atoms with van der Waals surface area (Å²) in [6.45, 7) is 2.41. The molecule has 3 aliphatic rings. The lowest BCUT2D eigenvalue weighted by Crippen LogP contribution is -2.71. The van der Waals surface area contributed by atoms with E-state index in [1.807, 2.05) is 0 Å². The third-order valence-corrected chi connectivity index (χ3v) is 8.83. The highest BCUT2D eigenvalue weighted by molar-refractivity contribution is 6.12. The Kier molecular flexibility index (Phi) is 3.29. The highest BCUT2D eigenvalue weighted by Gasteiger charge is 2.67. The Balaban J connectivity index is 1.50. The molecule has 3 nitrogen and oxygen atoms in total. The monoisotopic (exact) mass is 492 g/mol. The molecule has 180 valence electrons. The fourth-order valence-corrected chi connectivity index (χ4v) is 7.16. The van der Waals surface area contributed by atoms with E-state index < -0.39 is 5.66 Å². The number of fused-ring (bicyclic) bond motifs is 16. The standard InChI is InChI=1S/C35H26N2O/c1-20-11-16-30-27-8-4-5-10-28(27)35(36(30)18-20)29-15-14-26-25-13-12-23-7-6-9-24(23)33(25)38-34(26)32(29)31-17-21(2)22(3)19-37(31)35/h4-6,8-19H,7H2,1-3H3/q+2/i2D,3D. The van der Waals surface area contributed by atoms with Gasteiger partial charge in [-0.05, 0) is 68.6 Å². The predicted octanol–water partition coefficient (Wildman–Crippen LogP) is 6.91. The van der Waals surface area contributed by atoms with Gasteiger partial charge in [0.2, 0.25) is 11.4 Å². The summed E-state index contributed by atoms with van der Waals surface area (Å²) in [6.07, 6.45) is 9.71. The Hall–Kier alpha value is -4.50. The number of aromatic nitrogens is 2. The van der Waals surface area contributed by atoms with Gasteiger partial charge in [-0.15, -0.1) is 9.13 Å². The van der Waals surface area contributed by atoms with Gasteiger partial charge in [-0.2, -0.15) is 0 Å². The summed E-state index contributed by atoms with van der Waals surface area (Å²) >= 11 is 0. The summed E-state index contributed by atoms with van der Waals surface area (Å²) in [6, 6.07) is 24.2. The largest absolute Gasteiger partial charge is 0.454 e. The number of rotatable bonds is 0. The quantitative estimate of drug-likeness (QED) is 0.211. The van der Waals surface area contributed by atoms with Crippen LogP contribution < -0.4 is 9.13 Å². The number of aryl methyl sites for hydroxylation is 3. The van der Waals surface area contributed by atoms with Crippen molar-refractivity contribution >= 4 is 28.0 Å². The van der Waals surface area contributed by atoms with Gasteiger partial charge in [0.1, 0.15) is 27.9 Å². The number of furan rings is 1. The minimum absolute atomic E-state index is 0.131. The number of hydrogen-bond acceptors (Lipinski definition) is 1. The molecule has 0 fully saturated rings. The Morgan fingerprint density at radius 1 is 0.816 bits per heavy atom. The molecule has 1 atom stereocenters. The van der Waals surface area contributed by atoms with Crippen molar-refractivity contribution in [2.45, 2.75) is 32.8 Å². The summed E-state index contributed by atoms with van der Waals surface area (Å²) in [5.41, 5.74) is 13.5. The third kappa shape index (κ3) is 2.20. The van der Waals surface area contributed by atoms with E-state index >= 15 is 0 Å². The van der Waals surface area contributed by atoms with Gasteiger partial charge in [-0.3, -0.25) is 0 Å². The predicted molar refractivity (Wildman–Crippen MR) is 150 cm³/mol. The molecule has 1 spiro atoms. The molecule has 9 rings (SSSR count). The van der Waals surface area contributed by atoms with Crippen LogP contribution in [0.2, 0.25) is 0 Å². The minimum Gasteiger partial charge on any atom is -0.454 e. The van der Waals surface area contributed by atoms with Crippen molar-refractivity contribution in [2.75, 3.05) is 0 Å². The van der Waals surface area contributed by atoms with Crippen molar-refractivity contribution in [1.29, 1.82) is 0 Å². The first kappa shape index (κ1) is 18.7. The number of hydrogen-bond donors (Lipinski definition) is 0. The molecule has 1 unspecified atom stereocenters. The van der Waals surface area contributed by atoms with Gasteiger partial charge in [-0.1, -0.05) is 36.4 Å². The van der Waals surface area contributed by atoms with Crippen molar-refractivity contribution in [2.24, 2.45) is 0 Å². The molecule has 3 heteroatoms. The average Bonchev–Trinajstić information content (AvgIpc) is 3.73.